The number of hydrogen-bond acceptors (Lipinski definition) is 7. The summed E-state index contributed by atoms with van der Waals surface area (Å²) >= 11 is 0. The summed E-state index contributed by atoms with van der Waals surface area (Å²) in [6, 6.07) is -1.72. The van der Waals surface area contributed by atoms with Crippen LogP contribution in [0.1, 0.15) is 6.92 Å². The highest BCUT2D eigenvalue weighted by molar-refractivity contribution is 5.87. The number of rotatable bonds is 3. The Hall–Kier alpha value is -0.640. The Morgan fingerprint density at radius 2 is 2.06 bits per heavy atom. The van der Waals surface area contributed by atoms with Gasteiger partial charge >= 0.3 is 0 Å². The van der Waals surface area contributed by atoms with E-state index in [-0.39, 0.29) is 0 Å². The SMILES string of the molecule is C[C@]1(O)[C@H](O)[C@@H](N)C(O)(C(=O)CF)O[C@@H]1CO. The number of nitrogens with two attached hydrogens (primary N) is 1. The summed E-state index contributed by atoms with van der Waals surface area (Å²) < 4.78 is 17.0. The minimum absolute atomic E-state index is 0.779. The molecule has 1 saturated heterocycles. The molecule has 0 aromatic rings. The molecule has 1 aliphatic rings. The van der Waals surface area contributed by atoms with Gasteiger partial charge < -0.3 is 30.9 Å². The monoisotopic (exact) mass is 253 g/mol. The first-order valence-electron chi connectivity index (χ1n) is 4.98. The van der Waals surface area contributed by atoms with Crippen molar-refractivity contribution in [3.8, 4) is 0 Å². The van der Waals surface area contributed by atoms with E-state index in [9.17, 15) is 24.5 Å². The number of carbonyl (C=O) groups is 1. The quantitative estimate of drug-likeness (QED) is 0.363. The summed E-state index contributed by atoms with van der Waals surface area (Å²) in [5, 5.41) is 38.3. The number of ether oxygens (including phenoxy) is 1. The molecule has 8 heteroatoms. The van der Waals surface area contributed by atoms with Crippen LogP contribution in [0, 0.1) is 0 Å². The standard InChI is InChI=1S/C9H16FNO6/c1-8(15)5(3-12)17-9(16,4(13)2-10)6(11)7(8)14/h5-7,12,14-16H,2-3,11H2,1H3/t5-,6-,7-,8-,9?/m1/s1. The maximum atomic E-state index is 12.3. The Morgan fingerprint density at radius 1 is 1.53 bits per heavy atom. The third kappa shape index (κ3) is 2.07. The molecule has 0 amide bonds. The maximum Gasteiger partial charge on any atom is 0.248 e. The fourth-order valence-electron chi connectivity index (χ4n) is 1.75. The van der Waals surface area contributed by atoms with E-state index in [1.54, 1.807) is 0 Å². The molecular weight excluding hydrogens is 237 g/mol. The highest BCUT2D eigenvalue weighted by Gasteiger charge is 2.60. The predicted molar refractivity (Wildman–Crippen MR) is 52.5 cm³/mol. The van der Waals surface area contributed by atoms with Crippen molar-refractivity contribution in [2.45, 2.75) is 36.6 Å². The van der Waals surface area contributed by atoms with E-state index < -0.39 is 48.7 Å². The topological polar surface area (TPSA) is 133 Å². The largest absolute Gasteiger partial charge is 0.394 e. The smallest absolute Gasteiger partial charge is 0.248 e. The normalized spacial score (nSPS) is 46.9. The van der Waals surface area contributed by atoms with Crippen molar-refractivity contribution in [1.82, 2.24) is 0 Å². The van der Waals surface area contributed by atoms with Crippen LogP contribution in [0.5, 0.6) is 0 Å². The molecule has 1 heterocycles. The van der Waals surface area contributed by atoms with Gasteiger partial charge in [-0.15, -0.1) is 0 Å². The third-order valence-corrected chi connectivity index (χ3v) is 3.05. The van der Waals surface area contributed by atoms with Gasteiger partial charge in [0.15, 0.2) is 6.67 Å². The molecule has 0 aliphatic carbocycles. The van der Waals surface area contributed by atoms with E-state index >= 15 is 0 Å². The summed E-state index contributed by atoms with van der Waals surface area (Å²) in [7, 11) is 0. The van der Waals surface area contributed by atoms with Crippen molar-refractivity contribution < 1.29 is 34.3 Å². The van der Waals surface area contributed by atoms with E-state index in [2.05, 4.69) is 0 Å². The molecule has 1 aliphatic heterocycles. The predicted octanol–water partition coefficient (Wildman–Crippen LogP) is -2.96. The van der Waals surface area contributed by atoms with Crippen LogP contribution in [0.3, 0.4) is 0 Å². The fraction of sp³-hybridized carbons (Fsp3) is 0.889. The van der Waals surface area contributed by atoms with Gasteiger partial charge in [0.25, 0.3) is 0 Å². The van der Waals surface area contributed by atoms with Crippen molar-refractivity contribution >= 4 is 5.78 Å². The van der Waals surface area contributed by atoms with E-state index in [1.807, 2.05) is 0 Å². The first-order chi connectivity index (χ1) is 7.71. The molecule has 0 spiro atoms. The number of hydrogen-bond donors (Lipinski definition) is 5. The second kappa shape index (κ2) is 4.56. The zero-order valence-corrected chi connectivity index (χ0v) is 9.21. The van der Waals surface area contributed by atoms with Gasteiger partial charge in [0, 0.05) is 0 Å². The lowest BCUT2D eigenvalue weighted by Gasteiger charge is -2.49. The lowest BCUT2D eigenvalue weighted by atomic mass is 9.80. The van der Waals surface area contributed by atoms with Crippen LogP contribution in [0.15, 0.2) is 0 Å². The second-order valence-electron chi connectivity index (χ2n) is 4.24. The Kier molecular flexibility index (Phi) is 3.87. The lowest BCUT2D eigenvalue weighted by molar-refractivity contribution is -0.322. The zero-order chi connectivity index (χ0) is 13.4. The molecule has 6 N–H and O–H groups in total. The minimum Gasteiger partial charge on any atom is -0.394 e. The van der Waals surface area contributed by atoms with Crippen molar-refractivity contribution in [1.29, 1.82) is 0 Å². The van der Waals surface area contributed by atoms with Crippen LogP contribution in [0.2, 0.25) is 0 Å². The van der Waals surface area contributed by atoms with Gasteiger partial charge in [0.2, 0.25) is 11.6 Å². The summed E-state index contributed by atoms with van der Waals surface area (Å²) in [5.74, 6) is -4.14. The van der Waals surface area contributed by atoms with Crippen LogP contribution < -0.4 is 5.73 Å². The average molecular weight is 253 g/mol. The number of halogens is 1. The average Bonchev–Trinajstić information content (AvgIpc) is 2.30. The van der Waals surface area contributed by atoms with Crippen LogP contribution in [0.25, 0.3) is 0 Å². The molecule has 0 bridgehead atoms. The van der Waals surface area contributed by atoms with Gasteiger partial charge in [0.1, 0.15) is 17.8 Å². The van der Waals surface area contributed by atoms with Crippen molar-refractivity contribution in [3.05, 3.63) is 0 Å². The maximum absolute atomic E-state index is 12.3. The number of carbonyl (C=O) groups excluding carboxylic acids is 1. The summed E-state index contributed by atoms with van der Waals surface area (Å²) in [6.07, 6.45) is -3.22. The van der Waals surface area contributed by atoms with Gasteiger partial charge in [-0.1, -0.05) is 0 Å². The van der Waals surface area contributed by atoms with E-state index in [1.165, 1.54) is 0 Å². The minimum atomic E-state index is -2.76. The molecule has 1 fully saturated rings. The van der Waals surface area contributed by atoms with Gasteiger partial charge in [0.05, 0.1) is 12.6 Å². The third-order valence-electron chi connectivity index (χ3n) is 3.05. The highest BCUT2D eigenvalue weighted by atomic mass is 19.1. The molecule has 5 atom stereocenters. The van der Waals surface area contributed by atoms with Crippen molar-refractivity contribution in [2.24, 2.45) is 5.73 Å². The molecule has 7 nitrogen and oxygen atoms in total. The molecule has 0 radical (unpaired) electrons. The van der Waals surface area contributed by atoms with Crippen LogP contribution in [-0.2, 0) is 9.53 Å². The Balaban J connectivity index is 3.10. The molecule has 17 heavy (non-hydrogen) atoms. The molecular formula is C9H16FNO6. The number of ketones is 1. The van der Waals surface area contributed by atoms with Crippen molar-refractivity contribution in [3.63, 3.8) is 0 Å². The first kappa shape index (κ1) is 14.4. The number of alkyl halides is 1. The summed E-state index contributed by atoms with van der Waals surface area (Å²) in [6.45, 7) is -1.20. The first-order valence-corrected chi connectivity index (χ1v) is 4.98. The zero-order valence-electron chi connectivity index (χ0n) is 9.21. The Bertz CT molecular complexity index is 308. The van der Waals surface area contributed by atoms with E-state index in [0.29, 0.717) is 0 Å². The number of aliphatic hydroxyl groups excluding tert-OH is 2. The number of Topliss-reactive ketones (excluding diaryl/α,β-unsaturated/α-hetero) is 1. The van der Waals surface area contributed by atoms with Gasteiger partial charge in [-0.3, -0.25) is 4.79 Å². The van der Waals surface area contributed by atoms with Crippen molar-refractivity contribution in [2.75, 3.05) is 13.3 Å². The summed E-state index contributed by atoms with van der Waals surface area (Å²) in [4.78, 5) is 11.2. The lowest BCUT2D eigenvalue weighted by Crippen LogP contribution is -2.75. The van der Waals surface area contributed by atoms with Crippen LogP contribution >= 0.6 is 0 Å². The van der Waals surface area contributed by atoms with Gasteiger partial charge in [-0.25, -0.2) is 4.39 Å². The van der Waals surface area contributed by atoms with Gasteiger partial charge in [-0.05, 0) is 6.92 Å². The van der Waals surface area contributed by atoms with E-state index in [4.69, 9.17) is 15.6 Å². The Morgan fingerprint density at radius 3 is 2.47 bits per heavy atom. The molecule has 1 rings (SSSR count). The molecule has 1 unspecified atom stereocenters. The molecule has 0 aromatic carbocycles. The second-order valence-corrected chi connectivity index (χ2v) is 4.24. The molecule has 100 valence electrons. The van der Waals surface area contributed by atoms with Crippen LogP contribution in [0.4, 0.5) is 4.39 Å². The Labute approximate surface area is 96.6 Å². The van der Waals surface area contributed by atoms with Crippen LogP contribution in [-0.4, -0.2) is 69.1 Å². The summed E-state index contributed by atoms with van der Waals surface area (Å²) in [5.41, 5.74) is 3.41. The fourth-order valence-corrected chi connectivity index (χ4v) is 1.75. The van der Waals surface area contributed by atoms with E-state index in [0.717, 1.165) is 6.92 Å². The highest BCUT2D eigenvalue weighted by Crippen LogP contribution is 2.34. The van der Waals surface area contributed by atoms with Gasteiger partial charge in [-0.2, -0.15) is 0 Å². The molecule has 0 saturated carbocycles. The number of aliphatic hydroxyl groups is 4. The molecule has 0 aromatic heterocycles.